The van der Waals surface area contributed by atoms with Gasteiger partial charge in [-0.3, -0.25) is 0 Å². The van der Waals surface area contributed by atoms with Gasteiger partial charge in [-0.25, -0.2) is 4.98 Å². The molecule has 0 spiro atoms. The lowest BCUT2D eigenvalue weighted by atomic mass is 9.98. The smallest absolute Gasteiger partial charge is 0.152 e. The molecule has 0 saturated carbocycles. The molecule has 0 amide bonds. The van der Waals surface area contributed by atoms with Gasteiger partial charge in [0.05, 0.1) is 16.9 Å². The Kier molecular flexibility index (Phi) is 3.01. The van der Waals surface area contributed by atoms with Gasteiger partial charge in [0, 0.05) is 19.3 Å². The van der Waals surface area contributed by atoms with E-state index in [4.69, 9.17) is 10.5 Å². The van der Waals surface area contributed by atoms with Crippen LogP contribution in [0.1, 0.15) is 33.3 Å². The van der Waals surface area contributed by atoms with Crippen LogP contribution in [-0.2, 0) is 4.74 Å². The Morgan fingerprint density at radius 3 is 2.33 bits per heavy atom. The maximum absolute atomic E-state index is 6.15. The fourth-order valence-electron chi connectivity index (χ4n) is 2.74. The zero-order valence-corrected chi connectivity index (χ0v) is 11.9. The van der Waals surface area contributed by atoms with Gasteiger partial charge in [-0.1, -0.05) is 0 Å². The van der Waals surface area contributed by atoms with Crippen molar-refractivity contribution in [1.29, 1.82) is 0 Å². The fourth-order valence-corrected chi connectivity index (χ4v) is 2.74. The number of pyridine rings is 1. The van der Waals surface area contributed by atoms with Crippen molar-refractivity contribution in [3.05, 3.63) is 17.8 Å². The molecule has 1 aliphatic heterocycles. The second-order valence-electron chi connectivity index (χ2n) is 6.34. The molecule has 1 aliphatic rings. The molecule has 0 aliphatic carbocycles. The summed E-state index contributed by atoms with van der Waals surface area (Å²) >= 11 is 0. The molecule has 4 nitrogen and oxygen atoms in total. The van der Waals surface area contributed by atoms with Gasteiger partial charge in [-0.05, 0) is 46.2 Å². The number of aryl methyl sites for hydroxylation is 1. The van der Waals surface area contributed by atoms with Crippen LogP contribution in [0.15, 0.2) is 12.3 Å². The van der Waals surface area contributed by atoms with Gasteiger partial charge < -0.3 is 15.4 Å². The zero-order valence-electron chi connectivity index (χ0n) is 11.9. The summed E-state index contributed by atoms with van der Waals surface area (Å²) in [6.45, 7) is 12.0. The molecular weight excluding hydrogens is 226 g/mol. The van der Waals surface area contributed by atoms with Crippen LogP contribution in [0.2, 0.25) is 0 Å². The second-order valence-corrected chi connectivity index (χ2v) is 6.34. The van der Waals surface area contributed by atoms with Crippen molar-refractivity contribution in [2.45, 2.75) is 45.8 Å². The Hall–Kier alpha value is -1.29. The summed E-state index contributed by atoms with van der Waals surface area (Å²) in [6, 6.07) is 1.94. The molecule has 0 unspecified atom stereocenters. The summed E-state index contributed by atoms with van der Waals surface area (Å²) in [5.41, 5.74) is 7.60. The Balaban J connectivity index is 2.36. The minimum atomic E-state index is -0.195. The van der Waals surface area contributed by atoms with Gasteiger partial charge in [0.2, 0.25) is 0 Å². The van der Waals surface area contributed by atoms with E-state index in [0.717, 1.165) is 30.2 Å². The molecule has 1 aromatic rings. The average Bonchev–Trinajstić information content (AvgIpc) is 2.17. The van der Waals surface area contributed by atoms with E-state index in [9.17, 15) is 0 Å². The summed E-state index contributed by atoms with van der Waals surface area (Å²) in [7, 11) is 0. The average molecular weight is 249 g/mol. The van der Waals surface area contributed by atoms with E-state index in [-0.39, 0.29) is 11.2 Å². The molecule has 0 radical (unpaired) electrons. The van der Waals surface area contributed by atoms with Crippen LogP contribution in [0.25, 0.3) is 0 Å². The molecule has 2 rings (SSSR count). The number of hydrogen-bond acceptors (Lipinski definition) is 4. The predicted molar refractivity (Wildman–Crippen MR) is 74.8 cm³/mol. The van der Waals surface area contributed by atoms with Crippen LogP contribution < -0.4 is 10.6 Å². The molecule has 1 fully saturated rings. The number of anilines is 2. The first-order valence-corrected chi connectivity index (χ1v) is 6.36. The van der Waals surface area contributed by atoms with Gasteiger partial charge >= 0.3 is 0 Å². The maximum atomic E-state index is 6.15. The largest absolute Gasteiger partial charge is 0.396 e. The zero-order chi connectivity index (χ0) is 13.6. The van der Waals surface area contributed by atoms with Gasteiger partial charge in [-0.15, -0.1) is 0 Å². The topological polar surface area (TPSA) is 51.4 Å². The molecule has 100 valence electrons. The summed E-state index contributed by atoms with van der Waals surface area (Å²) in [5, 5.41) is 0. The number of nitrogen functional groups attached to an aromatic ring is 1. The van der Waals surface area contributed by atoms with Crippen LogP contribution in [0.3, 0.4) is 0 Å². The highest BCUT2D eigenvalue weighted by Gasteiger charge is 2.39. The summed E-state index contributed by atoms with van der Waals surface area (Å²) < 4.78 is 6.07. The van der Waals surface area contributed by atoms with E-state index in [0.29, 0.717) is 0 Å². The Morgan fingerprint density at radius 1 is 1.22 bits per heavy atom. The van der Waals surface area contributed by atoms with Gasteiger partial charge in [0.15, 0.2) is 5.82 Å². The number of hydrogen-bond donors (Lipinski definition) is 1. The first-order chi connectivity index (χ1) is 8.20. The predicted octanol–water partition coefficient (Wildman–Crippen LogP) is 2.37. The molecule has 1 saturated heterocycles. The third-order valence-corrected chi connectivity index (χ3v) is 3.18. The third kappa shape index (κ3) is 2.58. The Morgan fingerprint density at radius 2 is 1.78 bits per heavy atom. The van der Waals surface area contributed by atoms with Crippen LogP contribution in [0.4, 0.5) is 11.5 Å². The first-order valence-electron chi connectivity index (χ1n) is 6.36. The summed E-state index contributed by atoms with van der Waals surface area (Å²) in [4.78, 5) is 6.67. The normalized spacial score (nSPS) is 21.9. The SMILES string of the molecule is Cc1ccnc(N2CC(C)(C)OC(C)(C)C2)c1N. The monoisotopic (exact) mass is 249 g/mol. The Labute approximate surface area is 109 Å². The van der Waals surface area contributed by atoms with Gasteiger partial charge in [0.25, 0.3) is 0 Å². The van der Waals surface area contributed by atoms with Crippen molar-refractivity contribution in [2.24, 2.45) is 0 Å². The van der Waals surface area contributed by atoms with Gasteiger partial charge in [-0.2, -0.15) is 0 Å². The van der Waals surface area contributed by atoms with Crippen molar-refractivity contribution in [3.63, 3.8) is 0 Å². The number of rotatable bonds is 1. The minimum Gasteiger partial charge on any atom is -0.396 e. The lowest BCUT2D eigenvalue weighted by Crippen LogP contribution is -2.57. The van der Waals surface area contributed by atoms with Crippen LogP contribution in [0, 0.1) is 6.92 Å². The van der Waals surface area contributed by atoms with Crippen molar-refractivity contribution in [3.8, 4) is 0 Å². The number of ether oxygens (including phenoxy) is 1. The highest BCUT2D eigenvalue weighted by atomic mass is 16.5. The molecule has 4 heteroatoms. The van der Waals surface area contributed by atoms with Crippen molar-refractivity contribution >= 4 is 11.5 Å². The molecular formula is C14H23N3O. The fraction of sp³-hybridized carbons (Fsp3) is 0.643. The lowest BCUT2D eigenvalue weighted by molar-refractivity contribution is -0.133. The molecule has 1 aromatic heterocycles. The van der Waals surface area contributed by atoms with Crippen molar-refractivity contribution < 1.29 is 4.74 Å². The first kappa shape index (κ1) is 13.1. The van der Waals surface area contributed by atoms with E-state index in [1.165, 1.54) is 0 Å². The summed E-state index contributed by atoms with van der Waals surface area (Å²) in [6.07, 6.45) is 1.82. The number of nitrogens with zero attached hydrogens (tertiary/aromatic N) is 2. The molecule has 0 aromatic carbocycles. The molecule has 2 heterocycles. The van der Waals surface area contributed by atoms with Crippen molar-refractivity contribution in [1.82, 2.24) is 4.98 Å². The molecule has 0 bridgehead atoms. The quantitative estimate of drug-likeness (QED) is 0.830. The molecule has 2 N–H and O–H groups in total. The van der Waals surface area contributed by atoms with Crippen LogP contribution in [0.5, 0.6) is 0 Å². The number of aromatic nitrogens is 1. The highest BCUT2D eigenvalue weighted by molar-refractivity contribution is 5.66. The van der Waals surface area contributed by atoms with Gasteiger partial charge in [0.1, 0.15) is 0 Å². The van der Waals surface area contributed by atoms with E-state index in [2.05, 4.69) is 37.6 Å². The van der Waals surface area contributed by atoms with E-state index in [1.807, 2.05) is 19.2 Å². The molecule has 0 atom stereocenters. The second kappa shape index (κ2) is 4.12. The van der Waals surface area contributed by atoms with E-state index < -0.39 is 0 Å². The van der Waals surface area contributed by atoms with Crippen molar-refractivity contribution in [2.75, 3.05) is 23.7 Å². The third-order valence-electron chi connectivity index (χ3n) is 3.18. The minimum absolute atomic E-state index is 0.195. The van der Waals surface area contributed by atoms with E-state index in [1.54, 1.807) is 0 Å². The molecule has 18 heavy (non-hydrogen) atoms. The number of morpholine rings is 1. The number of nitrogens with two attached hydrogens (primary N) is 1. The standard InChI is InChI=1S/C14H23N3O/c1-10-6-7-16-12(11(10)15)17-8-13(2,3)18-14(4,5)9-17/h6-7H,8-9,15H2,1-5H3. The van der Waals surface area contributed by atoms with E-state index >= 15 is 0 Å². The van der Waals surface area contributed by atoms with Crippen LogP contribution in [-0.4, -0.2) is 29.3 Å². The lowest BCUT2D eigenvalue weighted by Gasteiger charge is -2.47. The maximum Gasteiger partial charge on any atom is 0.152 e. The van der Waals surface area contributed by atoms with Crippen LogP contribution >= 0.6 is 0 Å². The Bertz CT molecular complexity index is 438. The summed E-state index contributed by atoms with van der Waals surface area (Å²) in [5.74, 6) is 0.874. The highest BCUT2D eigenvalue weighted by Crippen LogP contribution is 2.33.